The van der Waals surface area contributed by atoms with Crippen LogP contribution in [0.4, 0.5) is 56.9 Å². The topological polar surface area (TPSA) is 709 Å². The summed E-state index contributed by atoms with van der Waals surface area (Å²) in [4.78, 5) is 136. The average molecular weight is 2160 g/mol. The Labute approximate surface area is 786 Å². The van der Waals surface area contributed by atoms with E-state index in [2.05, 4.69) is 92.7 Å². The SMILES string of the molecule is Nc1nc2c(ncn2[C@@H]2S[C@@H]3COP(=O)(S)O[C@H]4[C@H](F)[C@H](n5ccc6c(N)ccnc65)O[C@@H]4COP(O)(=S)O[C@@H]2C3)c(=O)[nH]1.Nc1nc2c(ncn2[C@@H]2S[C@@H]3COP(O)(=S)O[C@H]4[C@H](F)[C@H](n5nnc6c(N)ccnc65)O[C@@H]4COP(O)(=S)O[C@@H]2[C@H]3F)c(=O)[nH]1.Nc1nc2c(nnn2[C@@H]2S[C@@H]3COP(O)(=S)O[C@H]4[C@H](F)[C@H](n5cnc6c(N)ccnc65)O[C@@H]4COP(O)(=S)O[C@@H]2[C@@H]3F)c(=O)[nH]1. The number of alkyl halides is 5. The van der Waals surface area contributed by atoms with Gasteiger partial charge in [0.1, 0.15) is 88.5 Å². The molecule has 720 valence electrons. The molecule has 9 aliphatic rings. The number of aromatic nitrogens is 22. The van der Waals surface area contributed by atoms with E-state index in [9.17, 15) is 43.4 Å². The van der Waals surface area contributed by atoms with Crippen molar-refractivity contribution < 1.29 is 119 Å². The second-order valence-electron chi connectivity index (χ2n) is 30.4. The second kappa shape index (κ2) is 37.1. The lowest BCUT2D eigenvalue weighted by Crippen LogP contribution is -2.34. The lowest BCUT2D eigenvalue weighted by atomic mass is 10.1. The highest BCUT2D eigenvalue weighted by Gasteiger charge is 2.58. The number of H-pyrrole nitrogens is 3. The van der Waals surface area contributed by atoms with E-state index >= 15 is 22.0 Å². The van der Waals surface area contributed by atoms with Crippen LogP contribution in [0, 0.1) is 0 Å². The quantitative estimate of drug-likeness (QED) is 0.0640. The number of nitrogens with zero attached hydrogens (tertiary/aromatic N) is 19. The van der Waals surface area contributed by atoms with Gasteiger partial charge in [-0.15, -0.1) is 45.5 Å². The van der Waals surface area contributed by atoms with Gasteiger partial charge >= 0.3 is 40.4 Å². The smallest absolute Gasteiger partial charge is 0.386 e. The van der Waals surface area contributed by atoms with E-state index in [0.717, 1.165) is 32.9 Å². The molecule has 52 nitrogen and oxygen atoms in total. The Kier molecular flexibility index (Phi) is 26.7. The highest BCUT2D eigenvalue weighted by Crippen LogP contribution is 2.63. The van der Waals surface area contributed by atoms with Crippen molar-refractivity contribution in [3.63, 3.8) is 0 Å². The summed E-state index contributed by atoms with van der Waals surface area (Å²) in [5, 5.41) is 10.8. The van der Waals surface area contributed by atoms with Gasteiger partial charge in [-0.3, -0.25) is 70.2 Å². The van der Waals surface area contributed by atoms with Crippen molar-refractivity contribution in [3.05, 3.63) is 99.1 Å². The predicted octanol–water partition coefficient (Wildman–Crippen LogP) is 3.77. The Hall–Kier alpha value is -6.63. The van der Waals surface area contributed by atoms with E-state index in [1.54, 1.807) is 22.9 Å². The van der Waals surface area contributed by atoms with Gasteiger partial charge in [-0.05, 0) is 89.7 Å². The molecule has 0 saturated carbocycles. The number of nitrogen functional groups attached to an aromatic ring is 6. The van der Waals surface area contributed by atoms with Crippen LogP contribution < -0.4 is 51.1 Å². The third kappa shape index (κ3) is 19.0. The molecule has 0 spiro atoms. The van der Waals surface area contributed by atoms with Crippen LogP contribution in [0.2, 0.25) is 0 Å². The van der Waals surface area contributed by atoms with Crippen LogP contribution in [0.5, 0.6) is 0 Å². The van der Waals surface area contributed by atoms with Gasteiger partial charge in [0.15, 0.2) is 87.5 Å². The van der Waals surface area contributed by atoms with Crippen molar-refractivity contribution in [2.24, 2.45) is 0 Å². The highest BCUT2D eigenvalue weighted by atomic mass is 32.7. The summed E-state index contributed by atoms with van der Waals surface area (Å²) < 4.78 is 186. The number of hydrogen-bond acceptors (Lipinski definition) is 46. The first-order chi connectivity index (χ1) is 63.5. The summed E-state index contributed by atoms with van der Waals surface area (Å²) in [7, 11) is 0. The minimum atomic E-state index is -4.30. The first-order valence-electron chi connectivity index (χ1n) is 38.9. The van der Waals surface area contributed by atoms with Gasteiger partial charge in [-0.1, -0.05) is 22.7 Å². The number of nitrogens with two attached hydrogens (primary N) is 6. The maximum atomic E-state index is 16.0. The Morgan fingerprint density at radius 1 is 0.410 bits per heavy atom. The number of imidazole rings is 3. The van der Waals surface area contributed by atoms with Crippen LogP contribution >= 0.6 is 87.9 Å². The van der Waals surface area contributed by atoms with Gasteiger partial charge in [-0.25, -0.2) is 61.1 Å². The fraction of sp³-hybridized carbons (Fsp3) is 0.484. The zero-order valence-corrected chi connectivity index (χ0v) is 79.6. The second-order valence-corrected chi connectivity index (χ2v) is 51.4. The summed E-state index contributed by atoms with van der Waals surface area (Å²) in [5.74, 6) is -0.572. The maximum Gasteiger partial charge on any atom is 0.386 e. The molecule has 72 heteroatoms. The Bertz CT molecular complexity index is 6840. The molecular weight excluding hydrogens is 2090 g/mol. The van der Waals surface area contributed by atoms with Gasteiger partial charge < -0.3 is 105 Å². The molecule has 21 heterocycles. The van der Waals surface area contributed by atoms with Crippen molar-refractivity contribution in [1.29, 1.82) is 0 Å². The summed E-state index contributed by atoms with van der Waals surface area (Å²) in [6.45, 7) is -28.2. The third-order valence-electron chi connectivity index (χ3n) is 21.8. The molecule has 12 aromatic rings. The number of fused-ring (bicyclic) bond motifs is 15. The summed E-state index contributed by atoms with van der Waals surface area (Å²) in [6, 6.07) is 6.29. The zero-order chi connectivity index (χ0) is 94.6. The van der Waals surface area contributed by atoms with Crippen LogP contribution in [-0.2, 0) is 132 Å². The molecule has 0 radical (unpaired) electrons. The number of thiol groups is 1. The van der Waals surface area contributed by atoms with E-state index in [1.165, 1.54) is 75.2 Å². The van der Waals surface area contributed by atoms with Crippen molar-refractivity contribution in [3.8, 4) is 0 Å². The number of rotatable bonds is 6. The van der Waals surface area contributed by atoms with E-state index in [0.29, 0.717) is 27.9 Å². The van der Waals surface area contributed by atoms with E-state index in [1.807, 2.05) is 0 Å². The minimum absolute atomic E-state index is 0.0131. The van der Waals surface area contributed by atoms with Crippen LogP contribution in [0.15, 0.2) is 82.4 Å². The molecule has 9 aliphatic heterocycles. The Morgan fingerprint density at radius 3 is 1.41 bits per heavy atom. The fourth-order valence-electron chi connectivity index (χ4n) is 15.9. The molecule has 9 fully saturated rings. The molecular formula is C62H69F5N28O24P6S9. The molecule has 6 bridgehead atoms. The van der Waals surface area contributed by atoms with E-state index in [4.69, 9.17) is 162 Å². The number of aromatic amines is 3. The van der Waals surface area contributed by atoms with Crippen molar-refractivity contribution in [1.82, 2.24) is 108 Å². The number of ether oxygens (including phenoxy) is 3. The molecule has 29 atom stereocenters. The monoisotopic (exact) mass is 2160 g/mol. The molecule has 134 heavy (non-hydrogen) atoms. The first-order valence-corrected chi connectivity index (χ1v) is 57.4. The fourth-order valence-corrected chi connectivity index (χ4v) is 29.5. The molecule has 12 aromatic heterocycles. The standard InChI is InChI=1S/C22H25FN8O8P2S3.2C20H22F2N10O8P2S3/c23-14-16-13(37-20(14)30-4-2-10-11(24)1-3-26-17(10)30)7-36-40(33,42)38-12-5-9(6-35-41(34,43)39-16)44-21(12)31-8-27-15-18(31)28-22(25)29-19(15)32;21-9-8-4-37-42(35,44)39-13-7(38-18(10(13)22)32-15-11(29-30-32)6(23)1-2-25-15)3-36-41(34,43)40-14(9)19(45-8)31-5-26-12-16(31)27-20(24)28-17(12)33;21-9-8-4-37-42(35,44)39-13-7(38-18(10(13)22)31-5-26-11-6(23)1-2-25-15(11)31)3-36-41(34,43)40-14(9)19(45-8)32-16-12(29-30-32)17(33)28-20(24)27-16/h1-4,8-9,12-14,16,20-21H,5-7H2,(H2,24,26)(H,33,42)(H,34,43)(H3,25,28,29,32);2*1-2,5,7-10,13-14,18-19H,3-4H2,(H2,23,25)(H,34,43)(H,35,44)(H3,24,27,28,33)/t9-,12+,13+,14-,16+,20+,21+,40?,41?;7-,8-,9+,10+,13-,14-,18-,19-,41?,42?;7-,8-,9-,10+,13-,14-,18-,19-,41?,42?/m011/s1. The van der Waals surface area contributed by atoms with Crippen molar-refractivity contribution >= 4 is 249 Å². The van der Waals surface area contributed by atoms with Crippen LogP contribution in [0.25, 0.3) is 66.9 Å². The Balaban J connectivity index is 0.000000129. The summed E-state index contributed by atoms with van der Waals surface area (Å²) >= 11 is 33.3. The van der Waals surface area contributed by atoms with Gasteiger partial charge in [0.2, 0.25) is 17.8 Å². The van der Waals surface area contributed by atoms with Crippen molar-refractivity contribution in [2.45, 2.75) is 143 Å². The van der Waals surface area contributed by atoms with Crippen LogP contribution in [0.1, 0.15) is 41.2 Å². The number of anilines is 6. The van der Waals surface area contributed by atoms with E-state index < -0.39 is 226 Å². The van der Waals surface area contributed by atoms with Gasteiger partial charge in [0.25, 0.3) is 16.7 Å². The molecule has 9 saturated heterocycles. The molecule has 21 rings (SSSR count). The lowest BCUT2D eigenvalue weighted by Gasteiger charge is -2.27. The van der Waals surface area contributed by atoms with Gasteiger partial charge in [0, 0.05) is 41.1 Å². The minimum Gasteiger partial charge on any atom is -0.398 e. The van der Waals surface area contributed by atoms with Crippen molar-refractivity contribution in [2.75, 3.05) is 74.0 Å². The van der Waals surface area contributed by atoms with Crippen LogP contribution in [-0.4, -0.2) is 274 Å². The largest absolute Gasteiger partial charge is 0.398 e. The van der Waals surface area contributed by atoms with Gasteiger partial charge in [0.05, 0.1) is 86.6 Å². The highest BCUT2D eigenvalue weighted by molar-refractivity contribution is 8.44. The van der Waals surface area contributed by atoms with Crippen LogP contribution in [0.3, 0.4) is 0 Å². The Morgan fingerprint density at radius 2 is 0.836 bits per heavy atom. The normalized spacial score (nSPS) is 37.3. The summed E-state index contributed by atoms with van der Waals surface area (Å²) in [5.41, 5.74) is 35.3. The first kappa shape index (κ1) is 96.3. The van der Waals surface area contributed by atoms with Gasteiger partial charge in [-0.2, -0.15) is 19.6 Å². The number of hydrogen-bond donors (Lipinski definition) is 15. The zero-order valence-electron chi connectivity index (χ0n) is 66.8. The molecule has 0 amide bonds. The van der Waals surface area contributed by atoms with E-state index in [-0.39, 0.29) is 86.9 Å². The predicted molar refractivity (Wildman–Crippen MR) is 487 cm³/mol. The number of nitrogens with one attached hydrogen (secondary N) is 3. The number of pyridine rings is 3. The number of halogens is 5. The lowest BCUT2D eigenvalue weighted by molar-refractivity contribution is -0.0493. The molecule has 0 aromatic carbocycles. The summed E-state index contributed by atoms with van der Waals surface area (Å²) in [6.07, 6.45) is -16.4. The molecule has 0 aliphatic carbocycles. The average Bonchev–Trinajstić information content (AvgIpc) is 1.58. The molecule has 20 N–H and O–H groups in total. The third-order valence-corrected chi connectivity index (χ3v) is 35.8. The number of thioether (sulfide) groups is 3. The maximum absolute atomic E-state index is 16.0. The molecule has 6 unspecified atom stereocenters.